The Hall–Kier alpha value is -1.88. The first-order chi connectivity index (χ1) is 8.70. The topological polar surface area (TPSA) is 48.5 Å². The van der Waals surface area contributed by atoms with Crippen molar-refractivity contribution < 1.29 is 0 Å². The van der Waals surface area contributed by atoms with E-state index in [2.05, 4.69) is 21.9 Å². The molecule has 3 heterocycles. The zero-order chi connectivity index (χ0) is 12.7. The first-order valence-electron chi connectivity index (χ1n) is 5.71. The molecule has 0 amide bonds. The summed E-state index contributed by atoms with van der Waals surface area (Å²) in [4.78, 5) is 12.8. The largest absolute Gasteiger partial charge is 0.348 e. The van der Waals surface area contributed by atoms with E-state index >= 15 is 0 Å². The van der Waals surface area contributed by atoms with E-state index in [-0.39, 0.29) is 5.28 Å². The zero-order valence-corrected chi connectivity index (χ0v) is 10.9. The average Bonchev–Trinajstić information content (AvgIpc) is 2.91. The van der Waals surface area contributed by atoms with Gasteiger partial charge >= 0.3 is 0 Å². The summed E-state index contributed by atoms with van der Waals surface area (Å²) < 4.78 is 4.07. The molecule has 0 N–H and O–H groups in total. The Morgan fingerprint density at radius 1 is 1.33 bits per heavy atom. The van der Waals surface area contributed by atoms with Gasteiger partial charge in [0.2, 0.25) is 5.28 Å². The van der Waals surface area contributed by atoms with Crippen molar-refractivity contribution in [3.63, 3.8) is 0 Å². The van der Waals surface area contributed by atoms with Gasteiger partial charge in [0.05, 0.1) is 11.9 Å². The molecule has 0 aliphatic rings. The lowest BCUT2D eigenvalue weighted by molar-refractivity contribution is 0.774. The van der Waals surface area contributed by atoms with Gasteiger partial charge in [-0.05, 0) is 30.7 Å². The molecule has 0 unspecified atom stereocenters. The van der Waals surface area contributed by atoms with Gasteiger partial charge in [-0.25, -0.2) is 9.97 Å². The number of halogens is 1. The fourth-order valence-corrected chi connectivity index (χ4v) is 2.22. The molecule has 0 radical (unpaired) electrons. The van der Waals surface area contributed by atoms with Crippen LogP contribution in [0.5, 0.6) is 0 Å². The highest BCUT2D eigenvalue weighted by Gasteiger charge is 2.15. The minimum Gasteiger partial charge on any atom is -0.348 e. The molecular formula is C12H12ClN5. The second-order valence-corrected chi connectivity index (χ2v) is 4.37. The van der Waals surface area contributed by atoms with Crippen LogP contribution in [0.2, 0.25) is 5.28 Å². The van der Waals surface area contributed by atoms with Crippen molar-refractivity contribution >= 4 is 22.8 Å². The molecule has 0 aliphatic carbocycles. The number of hydrogen-bond acceptors (Lipinski definition) is 3. The van der Waals surface area contributed by atoms with Gasteiger partial charge in [0.15, 0.2) is 11.5 Å². The molecule has 0 saturated heterocycles. The monoisotopic (exact) mass is 261 g/mol. The Balaban J connectivity index is 2.33. The summed E-state index contributed by atoms with van der Waals surface area (Å²) >= 11 is 5.84. The quantitative estimate of drug-likeness (QED) is 0.666. The van der Waals surface area contributed by atoms with Crippen molar-refractivity contribution in [1.82, 2.24) is 24.1 Å². The van der Waals surface area contributed by atoms with Gasteiger partial charge in [0, 0.05) is 19.8 Å². The van der Waals surface area contributed by atoms with E-state index in [9.17, 15) is 0 Å². The third-order valence-corrected chi connectivity index (χ3v) is 3.13. The molecule has 0 bridgehead atoms. The number of rotatable bonds is 2. The van der Waals surface area contributed by atoms with E-state index in [4.69, 9.17) is 11.6 Å². The van der Waals surface area contributed by atoms with E-state index < -0.39 is 0 Å². The Morgan fingerprint density at radius 2 is 2.17 bits per heavy atom. The van der Waals surface area contributed by atoms with Crippen LogP contribution in [0.4, 0.5) is 0 Å². The van der Waals surface area contributed by atoms with Crippen LogP contribution in [-0.4, -0.2) is 24.1 Å². The van der Waals surface area contributed by atoms with Crippen LogP contribution in [0.15, 0.2) is 24.5 Å². The molecule has 0 aromatic carbocycles. The summed E-state index contributed by atoms with van der Waals surface area (Å²) in [7, 11) is 1.99. The fraction of sp³-hybridized carbons (Fsp3) is 0.250. The first kappa shape index (κ1) is 11.2. The van der Waals surface area contributed by atoms with Crippen LogP contribution in [0.1, 0.15) is 6.92 Å². The Kier molecular flexibility index (Phi) is 2.56. The van der Waals surface area contributed by atoms with Crippen molar-refractivity contribution in [3.8, 4) is 11.5 Å². The van der Waals surface area contributed by atoms with Crippen LogP contribution >= 0.6 is 11.6 Å². The minimum absolute atomic E-state index is 0.246. The van der Waals surface area contributed by atoms with E-state index in [1.807, 2.05) is 34.5 Å². The lowest BCUT2D eigenvalue weighted by Crippen LogP contribution is -2.01. The third-order valence-electron chi connectivity index (χ3n) is 2.95. The van der Waals surface area contributed by atoms with E-state index in [0.29, 0.717) is 0 Å². The van der Waals surface area contributed by atoms with Crippen LogP contribution in [-0.2, 0) is 13.6 Å². The molecule has 5 nitrogen and oxygen atoms in total. The van der Waals surface area contributed by atoms with E-state index in [1.54, 1.807) is 6.20 Å². The van der Waals surface area contributed by atoms with Crippen LogP contribution < -0.4 is 0 Å². The molecule has 0 saturated carbocycles. The van der Waals surface area contributed by atoms with E-state index in [1.165, 1.54) is 0 Å². The highest BCUT2D eigenvalue weighted by Crippen LogP contribution is 2.23. The first-order valence-corrected chi connectivity index (χ1v) is 6.09. The number of imidazole rings is 1. The average molecular weight is 262 g/mol. The van der Waals surface area contributed by atoms with Gasteiger partial charge in [-0.2, -0.15) is 4.98 Å². The van der Waals surface area contributed by atoms with Gasteiger partial charge in [-0.1, -0.05) is 0 Å². The highest BCUT2D eigenvalue weighted by molar-refractivity contribution is 6.28. The number of aromatic nitrogens is 5. The molecule has 0 spiro atoms. The van der Waals surface area contributed by atoms with Gasteiger partial charge in [-0.3, -0.25) is 0 Å². The van der Waals surface area contributed by atoms with Crippen molar-refractivity contribution in [2.75, 3.05) is 0 Å². The molecule has 6 heteroatoms. The standard InChI is InChI=1S/C12H12ClN5/c1-3-18-10-8(7-14-12(13)16-10)15-11(18)9-5-4-6-17(9)2/h4-7H,3H2,1-2H3. The molecule has 18 heavy (non-hydrogen) atoms. The lowest BCUT2D eigenvalue weighted by Gasteiger charge is -2.06. The molecule has 3 aromatic rings. The Morgan fingerprint density at radius 3 is 2.83 bits per heavy atom. The fourth-order valence-electron chi connectivity index (χ4n) is 2.09. The molecule has 0 aliphatic heterocycles. The predicted octanol–water partition coefficient (Wildman–Crippen LogP) is 2.51. The number of fused-ring (bicyclic) bond motifs is 1. The molecule has 3 rings (SSSR count). The Labute approximate surface area is 109 Å². The lowest BCUT2D eigenvalue weighted by atomic mass is 10.4. The number of hydrogen-bond donors (Lipinski definition) is 0. The maximum atomic E-state index is 5.84. The van der Waals surface area contributed by atoms with Crippen LogP contribution in [0.3, 0.4) is 0 Å². The summed E-state index contributed by atoms with van der Waals surface area (Å²) in [5.41, 5.74) is 2.58. The van der Waals surface area contributed by atoms with Gasteiger partial charge in [0.1, 0.15) is 5.52 Å². The van der Waals surface area contributed by atoms with Crippen molar-refractivity contribution in [2.24, 2.45) is 7.05 Å². The zero-order valence-electron chi connectivity index (χ0n) is 10.1. The summed E-state index contributed by atoms with van der Waals surface area (Å²) in [5, 5.41) is 0.246. The molecule has 0 fully saturated rings. The van der Waals surface area contributed by atoms with E-state index in [0.717, 1.165) is 29.2 Å². The highest BCUT2D eigenvalue weighted by atomic mass is 35.5. The smallest absolute Gasteiger partial charge is 0.224 e. The van der Waals surface area contributed by atoms with Crippen LogP contribution in [0.25, 0.3) is 22.7 Å². The van der Waals surface area contributed by atoms with Crippen molar-refractivity contribution in [2.45, 2.75) is 13.5 Å². The third kappa shape index (κ3) is 1.59. The molecular weight excluding hydrogens is 250 g/mol. The summed E-state index contributed by atoms with van der Waals surface area (Å²) in [5.74, 6) is 0.886. The molecule has 0 atom stereocenters. The molecule has 3 aromatic heterocycles. The number of nitrogens with zero attached hydrogens (tertiary/aromatic N) is 5. The normalized spacial score (nSPS) is 11.3. The van der Waals surface area contributed by atoms with Gasteiger partial charge < -0.3 is 9.13 Å². The number of aryl methyl sites for hydroxylation is 2. The second kappa shape index (κ2) is 4.10. The van der Waals surface area contributed by atoms with Crippen LogP contribution in [0, 0.1) is 0 Å². The summed E-state index contributed by atoms with van der Waals surface area (Å²) in [6.07, 6.45) is 3.65. The molecule has 92 valence electrons. The van der Waals surface area contributed by atoms with Gasteiger partial charge in [-0.15, -0.1) is 0 Å². The van der Waals surface area contributed by atoms with Crippen molar-refractivity contribution in [1.29, 1.82) is 0 Å². The maximum Gasteiger partial charge on any atom is 0.224 e. The second-order valence-electron chi connectivity index (χ2n) is 4.03. The summed E-state index contributed by atoms with van der Waals surface area (Å²) in [6.45, 7) is 2.84. The Bertz CT molecular complexity index is 712. The maximum absolute atomic E-state index is 5.84. The van der Waals surface area contributed by atoms with Crippen molar-refractivity contribution in [3.05, 3.63) is 29.8 Å². The van der Waals surface area contributed by atoms with Gasteiger partial charge in [0.25, 0.3) is 0 Å². The predicted molar refractivity (Wildman–Crippen MR) is 70.4 cm³/mol. The SMILES string of the molecule is CCn1c(-c2cccn2C)nc2cnc(Cl)nc21. The minimum atomic E-state index is 0.246. The summed E-state index contributed by atoms with van der Waals surface area (Å²) in [6, 6.07) is 4.02.